The molecule has 0 aliphatic carbocycles. The second-order valence-electron chi connectivity index (χ2n) is 5.65. The lowest BCUT2D eigenvalue weighted by Crippen LogP contribution is -2.28. The van der Waals surface area contributed by atoms with Crippen LogP contribution in [-0.2, 0) is 20.8 Å². The van der Waals surface area contributed by atoms with Crippen LogP contribution in [0.3, 0.4) is 0 Å². The number of hydrogen-bond acceptors (Lipinski definition) is 5. The molecule has 0 amide bonds. The smallest absolute Gasteiger partial charge is 0.326 e. The highest BCUT2D eigenvalue weighted by molar-refractivity contribution is 5.69. The number of carbonyl (C=O) groups is 1. The maximum absolute atomic E-state index is 11.7. The molecule has 0 spiro atoms. The molecule has 20 heavy (non-hydrogen) atoms. The van der Waals surface area contributed by atoms with Crippen LogP contribution in [0.4, 0.5) is 5.69 Å². The summed E-state index contributed by atoms with van der Waals surface area (Å²) in [6.07, 6.45) is 3.19. The van der Waals surface area contributed by atoms with E-state index >= 15 is 0 Å². The van der Waals surface area contributed by atoms with E-state index in [-0.39, 0.29) is 30.4 Å². The molecule has 1 aromatic heterocycles. The van der Waals surface area contributed by atoms with E-state index in [2.05, 4.69) is 0 Å². The highest BCUT2D eigenvalue weighted by Crippen LogP contribution is 2.29. The Labute approximate surface area is 117 Å². The monoisotopic (exact) mass is 280 g/mol. The first-order valence-corrected chi connectivity index (χ1v) is 6.65. The molecule has 2 N–H and O–H groups in total. The van der Waals surface area contributed by atoms with Gasteiger partial charge in [0, 0.05) is 18.0 Å². The lowest BCUT2D eigenvalue weighted by Gasteiger charge is -2.19. The van der Waals surface area contributed by atoms with Crippen LogP contribution in [0.1, 0.15) is 26.7 Å². The van der Waals surface area contributed by atoms with Crippen molar-refractivity contribution in [3.63, 3.8) is 0 Å². The Balaban J connectivity index is 1.84. The minimum absolute atomic E-state index is 0.0634. The minimum Gasteiger partial charge on any atom is -0.462 e. The van der Waals surface area contributed by atoms with Gasteiger partial charge in [0.25, 0.3) is 5.56 Å². The summed E-state index contributed by atoms with van der Waals surface area (Å²) in [5, 5.41) is 0. The Morgan fingerprint density at radius 3 is 2.95 bits per heavy atom. The molecule has 1 unspecified atom stereocenters. The van der Waals surface area contributed by atoms with Gasteiger partial charge in [-0.25, -0.2) is 0 Å². The molecule has 0 aromatic carbocycles. The lowest BCUT2D eigenvalue weighted by molar-refractivity contribution is -0.149. The van der Waals surface area contributed by atoms with Crippen LogP contribution in [0.15, 0.2) is 23.1 Å². The fraction of sp³-hybridized carbons (Fsp3) is 0.571. The molecule has 0 radical (unpaired) electrons. The molecule has 6 heteroatoms. The van der Waals surface area contributed by atoms with Gasteiger partial charge in [-0.15, -0.1) is 0 Å². The number of nitrogen functional groups attached to an aromatic ring is 1. The van der Waals surface area contributed by atoms with Crippen LogP contribution in [-0.4, -0.2) is 28.8 Å². The van der Waals surface area contributed by atoms with Crippen molar-refractivity contribution in [3.05, 3.63) is 28.7 Å². The highest BCUT2D eigenvalue weighted by atomic mass is 16.6. The molecule has 1 fully saturated rings. The first kappa shape index (κ1) is 14.6. The maximum atomic E-state index is 11.7. The molecule has 0 saturated carbocycles. The van der Waals surface area contributed by atoms with Gasteiger partial charge in [0.1, 0.15) is 13.2 Å². The van der Waals surface area contributed by atoms with Crippen molar-refractivity contribution in [1.82, 2.24) is 4.57 Å². The molecule has 110 valence electrons. The van der Waals surface area contributed by atoms with Gasteiger partial charge in [-0.1, -0.05) is 0 Å². The Kier molecular flexibility index (Phi) is 4.13. The number of carbonyl (C=O) groups excluding carboxylic acids is 1. The van der Waals surface area contributed by atoms with E-state index in [9.17, 15) is 9.59 Å². The third-order valence-electron chi connectivity index (χ3n) is 3.29. The van der Waals surface area contributed by atoms with E-state index in [0.29, 0.717) is 5.69 Å². The number of nitrogens with zero attached hydrogens (tertiary/aromatic N) is 1. The normalized spacial score (nSPS) is 20.8. The van der Waals surface area contributed by atoms with Crippen molar-refractivity contribution in [2.24, 2.45) is 0 Å². The third-order valence-corrected chi connectivity index (χ3v) is 3.29. The molecule has 1 aromatic rings. The van der Waals surface area contributed by atoms with E-state index in [1.54, 1.807) is 0 Å². The molecule has 1 aliphatic rings. The second-order valence-corrected chi connectivity index (χ2v) is 5.65. The number of nitrogens with two attached hydrogens (primary N) is 1. The number of hydrogen-bond donors (Lipinski definition) is 1. The van der Waals surface area contributed by atoms with Crippen molar-refractivity contribution in [1.29, 1.82) is 0 Å². The van der Waals surface area contributed by atoms with Crippen LogP contribution >= 0.6 is 0 Å². The zero-order valence-electron chi connectivity index (χ0n) is 11.8. The van der Waals surface area contributed by atoms with E-state index in [4.69, 9.17) is 15.2 Å². The van der Waals surface area contributed by atoms with Gasteiger partial charge in [-0.05, 0) is 32.8 Å². The molecule has 6 nitrogen and oxygen atoms in total. The molecule has 1 saturated heterocycles. The van der Waals surface area contributed by atoms with Gasteiger partial charge >= 0.3 is 5.97 Å². The zero-order chi connectivity index (χ0) is 14.8. The second kappa shape index (κ2) is 5.66. The Morgan fingerprint density at radius 1 is 1.55 bits per heavy atom. The molecule has 2 heterocycles. The average molecular weight is 280 g/mol. The fourth-order valence-electron chi connectivity index (χ4n) is 2.24. The van der Waals surface area contributed by atoms with Gasteiger partial charge in [-0.3, -0.25) is 9.59 Å². The van der Waals surface area contributed by atoms with Crippen molar-refractivity contribution in [3.8, 4) is 0 Å². The van der Waals surface area contributed by atoms with E-state index in [0.717, 1.165) is 12.8 Å². The highest BCUT2D eigenvalue weighted by Gasteiger charge is 2.32. The lowest BCUT2D eigenvalue weighted by atomic mass is 10.1. The number of esters is 1. The summed E-state index contributed by atoms with van der Waals surface area (Å²) in [6.45, 7) is 4.11. The third kappa shape index (κ3) is 3.84. The number of aromatic nitrogens is 1. The zero-order valence-corrected chi connectivity index (χ0v) is 11.8. The number of ether oxygens (including phenoxy) is 2. The fourth-order valence-corrected chi connectivity index (χ4v) is 2.24. The maximum Gasteiger partial charge on any atom is 0.326 e. The SMILES string of the molecule is CC1(C)CCC(COC(=O)Cn2cc(N)ccc2=O)O1. The minimum atomic E-state index is -0.467. The molecule has 2 rings (SSSR count). The summed E-state index contributed by atoms with van der Waals surface area (Å²) < 4.78 is 12.1. The molecule has 1 aliphatic heterocycles. The van der Waals surface area contributed by atoms with Gasteiger partial charge in [0.2, 0.25) is 0 Å². The summed E-state index contributed by atoms with van der Waals surface area (Å²) in [5.74, 6) is -0.467. The van der Waals surface area contributed by atoms with Crippen LogP contribution in [0.2, 0.25) is 0 Å². The first-order chi connectivity index (χ1) is 9.35. The van der Waals surface area contributed by atoms with Gasteiger partial charge in [0.15, 0.2) is 0 Å². The van der Waals surface area contributed by atoms with Gasteiger partial charge in [-0.2, -0.15) is 0 Å². The van der Waals surface area contributed by atoms with Crippen LogP contribution in [0.25, 0.3) is 0 Å². The number of anilines is 1. The summed E-state index contributed by atoms with van der Waals surface area (Å²) in [6, 6.07) is 2.82. The van der Waals surface area contributed by atoms with Crippen LogP contribution in [0, 0.1) is 0 Å². The summed E-state index contributed by atoms with van der Waals surface area (Å²) in [5.41, 5.74) is 5.57. The first-order valence-electron chi connectivity index (χ1n) is 6.65. The van der Waals surface area contributed by atoms with E-state index in [1.165, 1.54) is 22.9 Å². The van der Waals surface area contributed by atoms with Crippen molar-refractivity contribution in [2.45, 2.75) is 44.9 Å². The number of rotatable bonds is 4. The standard InChI is InChI=1S/C14H20N2O4/c1-14(2)6-5-11(20-14)9-19-13(18)8-16-7-10(15)3-4-12(16)17/h3-4,7,11H,5-6,8-9,15H2,1-2H3. The topological polar surface area (TPSA) is 83.5 Å². The average Bonchev–Trinajstić information content (AvgIpc) is 2.71. The van der Waals surface area contributed by atoms with Crippen LogP contribution in [0.5, 0.6) is 0 Å². The summed E-state index contributed by atoms with van der Waals surface area (Å²) in [4.78, 5) is 23.2. The van der Waals surface area contributed by atoms with E-state index in [1.807, 2.05) is 13.8 Å². The van der Waals surface area contributed by atoms with Gasteiger partial charge in [0.05, 0.1) is 11.7 Å². The van der Waals surface area contributed by atoms with Crippen molar-refractivity contribution >= 4 is 11.7 Å². The predicted molar refractivity (Wildman–Crippen MR) is 74.3 cm³/mol. The summed E-state index contributed by atoms with van der Waals surface area (Å²) in [7, 11) is 0. The van der Waals surface area contributed by atoms with Crippen molar-refractivity contribution in [2.75, 3.05) is 12.3 Å². The largest absolute Gasteiger partial charge is 0.462 e. The molecular weight excluding hydrogens is 260 g/mol. The Hall–Kier alpha value is -1.82. The van der Waals surface area contributed by atoms with Crippen molar-refractivity contribution < 1.29 is 14.3 Å². The van der Waals surface area contributed by atoms with Crippen LogP contribution < -0.4 is 11.3 Å². The molecule has 1 atom stereocenters. The Bertz CT molecular complexity index is 550. The Morgan fingerprint density at radius 2 is 2.30 bits per heavy atom. The van der Waals surface area contributed by atoms with E-state index < -0.39 is 5.97 Å². The summed E-state index contributed by atoms with van der Waals surface area (Å²) >= 11 is 0. The van der Waals surface area contributed by atoms with Gasteiger partial charge < -0.3 is 19.8 Å². The molecular formula is C14H20N2O4. The molecule has 0 bridgehead atoms. The quantitative estimate of drug-likeness (QED) is 0.830. The predicted octanol–water partition coefficient (Wildman–Crippen LogP) is 0.931. The number of pyridine rings is 1.